The largest absolute Gasteiger partial charge is 0.376 e. The summed E-state index contributed by atoms with van der Waals surface area (Å²) in [4.78, 5) is 10.3. The van der Waals surface area contributed by atoms with E-state index in [1.807, 2.05) is 13.1 Å². The maximum atomic E-state index is 5.94. The van der Waals surface area contributed by atoms with Crippen molar-refractivity contribution in [3.05, 3.63) is 71.9 Å². The number of aromatic amines is 1. The Morgan fingerprint density at radius 1 is 1.18 bits per heavy atom. The number of guanidine groups is 1. The van der Waals surface area contributed by atoms with Gasteiger partial charge in [-0.25, -0.2) is 0 Å². The van der Waals surface area contributed by atoms with Crippen molar-refractivity contribution in [2.45, 2.75) is 19.6 Å². The van der Waals surface area contributed by atoms with Crippen LogP contribution in [0.25, 0.3) is 10.9 Å². The molecule has 1 saturated heterocycles. The van der Waals surface area contributed by atoms with E-state index in [1.165, 1.54) is 22.2 Å². The number of ether oxygens (including phenoxy) is 1. The summed E-state index contributed by atoms with van der Waals surface area (Å²) in [6, 6.07) is 20.9. The van der Waals surface area contributed by atoms with E-state index in [0.29, 0.717) is 12.5 Å². The van der Waals surface area contributed by atoms with Gasteiger partial charge >= 0.3 is 0 Å². The smallest absolute Gasteiger partial charge is 0.193 e. The Balaban J connectivity index is 1.25. The molecule has 1 atom stereocenters. The fraction of sp³-hybridized carbons (Fsp3) is 0.348. The predicted molar refractivity (Wildman–Crippen MR) is 114 cm³/mol. The highest BCUT2D eigenvalue weighted by Crippen LogP contribution is 2.18. The first-order chi connectivity index (χ1) is 13.8. The molecule has 2 N–H and O–H groups in total. The van der Waals surface area contributed by atoms with E-state index in [2.05, 4.69) is 74.8 Å². The van der Waals surface area contributed by atoms with Crippen LogP contribution in [0.4, 0.5) is 0 Å². The highest BCUT2D eigenvalue weighted by atomic mass is 16.5. The maximum Gasteiger partial charge on any atom is 0.193 e. The fourth-order valence-electron chi connectivity index (χ4n) is 3.81. The third-order valence-electron chi connectivity index (χ3n) is 5.28. The maximum absolute atomic E-state index is 5.94. The summed E-state index contributed by atoms with van der Waals surface area (Å²) >= 11 is 0. The normalized spacial score (nSPS) is 17.4. The van der Waals surface area contributed by atoms with Crippen molar-refractivity contribution in [1.29, 1.82) is 0 Å². The number of nitrogens with one attached hydrogen (secondary N) is 2. The minimum absolute atomic E-state index is 0.551. The van der Waals surface area contributed by atoms with Gasteiger partial charge in [0.25, 0.3) is 0 Å². The van der Waals surface area contributed by atoms with Crippen LogP contribution in [0, 0.1) is 5.92 Å². The van der Waals surface area contributed by atoms with Crippen molar-refractivity contribution in [3.63, 3.8) is 0 Å². The van der Waals surface area contributed by atoms with Crippen LogP contribution in [0.3, 0.4) is 0 Å². The van der Waals surface area contributed by atoms with Gasteiger partial charge in [0, 0.05) is 37.3 Å². The van der Waals surface area contributed by atoms with E-state index in [9.17, 15) is 0 Å². The van der Waals surface area contributed by atoms with Gasteiger partial charge in [0.2, 0.25) is 0 Å². The Hall–Kier alpha value is -2.79. The molecule has 1 aliphatic rings. The zero-order chi connectivity index (χ0) is 19.2. The van der Waals surface area contributed by atoms with Gasteiger partial charge in [-0.1, -0.05) is 48.5 Å². The van der Waals surface area contributed by atoms with Gasteiger partial charge < -0.3 is 19.9 Å². The topological polar surface area (TPSA) is 52.7 Å². The molecule has 5 nitrogen and oxygen atoms in total. The van der Waals surface area contributed by atoms with E-state index in [4.69, 9.17) is 4.74 Å². The van der Waals surface area contributed by atoms with E-state index >= 15 is 0 Å². The van der Waals surface area contributed by atoms with E-state index < -0.39 is 0 Å². The van der Waals surface area contributed by atoms with Crippen LogP contribution < -0.4 is 5.32 Å². The molecule has 5 heteroatoms. The average Bonchev–Trinajstić information content (AvgIpc) is 3.36. The fourth-order valence-corrected chi connectivity index (χ4v) is 3.81. The predicted octanol–water partition coefficient (Wildman–Crippen LogP) is 3.78. The van der Waals surface area contributed by atoms with Crippen molar-refractivity contribution < 1.29 is 4.74 Å². The van der Waals surface area contributed by atoms with Gasteiger partial charge in [-0.05, 0) is 29.5 Å². The van der Waals surface area contributed by atoms with Crippen molar-refractivity contribution >= 4 is 16.9 Å². The van der Waals surface area contributed by atoms with Crippen LogP contribution in [-0.2, 0) is 17.9 Å². The number of rotatable bonds is 6. The number of benzene rings is 2. The number of aliphatic imine (C=N–C) groups is 1. The molecule has 0 saturated carbocycles. The van der Waals surface area contributed by atoms with Crippen molar-refractivity contribution in [1.82, 2.24) is 15.2 Å². The first-order valence-corrected chi connectivity index (χ1v) is 9.96. The summed E-state index contributed by atoms with van der Waals surface area (Å²) in [5, 5.41) is 4.74. The number of nitrogens with zero attached hydrogens (tertiary/aromatic N) is 2. The minimum Gasteiger partial charge on any atom is -0.376 e. The Morgan fingerprint density at radius 2 is 2.00 bits per heavy atom. The number of hydrogen-bond acceptors (Lipinski definition) is 2. The molecule has 28 heavy (non-hydrogen) atoms. The van der Waals surface area contributed by atoms with Gasteiger partial charge in [-0.2, -0.15) is 0 Å². The summed E-state index contributed by atoms with van der Waals surface area (Å²) in [5.41, 5.74) is 3.57. The second-order valence-electron chi connectivity index (χ2n) is 7.38. The molecular formula is C23H28N4O. The second-order valence-corrected chi connectivity index (χ2v) is 7.38. The lowest BCUT2D eigenvalue weighted by atomic mass is 10.1. The van der Waals surface area contributed by atoms with Crippen LogP contribution in [0.1, 0.15) is 17.7 Å². The quantitative estimate of drug-likeness (QED) is 0.508. The number of hydrogen-bond donors (Lipinski definition) is 2. The van der Waals surface area contributed by atoms with Crippen LogP contribution in [0.5, 0.6) is 0 Å². The lowest BCUT2D eigenvalue weighted by molar-refractivity contribution is 0.0906. The number of para-hydroxylation sites is 1. The van der Waals surface area contributed by atoms with E-state index in [1.54, 1.807) is 0 Å². The standard InChI is InChI=1S/C23H28N4O/c1-24-23(25-14-21-13-20-9-5-6-10-22(20)26-21)27-12-11-19(15-27)17-28-16-18-7-3-2-4-8-18/h2-10,13,19,26H,11-12,14-17H2,1H3,(H,24,25). The molecule has 1 aliphatic heterocycles. The number of H-pyrrole nitrogens is 1. The van der Waals surface area contributed by atoms with Crippen LogP contribution in [0.15, 0.2) is 65.7 Å². The van der Waals surface area contributed by atoms with Crippen LogP contribution in [0.2, 0.25) is 0 Å². The van der Waals surface area contributed by atoms with Crippen molar-refractivity contribution in [2.24, 2.45) is 10.9 Å². The minimum atomic E-state index is 0.551. The molecule has 1 fully saturated rings. The summed E-state index contributed by atoms with van der Waals surface area (Å²) in [6.45, 7) is 4.23. The van der Waals surface area contributed by atoms with Gasteiger partial charge in [0.1, 0.15) is 0 Å². The van der Waals surface area contributed by atoms with Crippen LogP contribution >= 0.6 is 0 Å². The summed E-state index contributed by atoms with van der Waals surface area (Å²) in [6.07, 6.45) is 1.14. The first kappa shape index (κ1) is 18.6. The third-order valence-corrected chi connectivity index (χ3v) is 5.28. The van der Waals surface area contributed by atoms with Gasteiger partial charge in [0.05, 0.1) is 19.8 Å². The SMILES string of the molecule is CN=C(NCc1cc2ccccc2[nH]1)N1CCC(COCc2ccccc2)C1. The lowest BCUT2D eigenvalue weighted by Crippen LogP contribution is -2.39. The lowest BCUT2D eigenvalue weighted by Gasteiger charge is -2.21. The van der Waals surface area contributed by atoms with Gasteiger partial charge in [0.15, 0.2) is 5.96 Å². The third kappa shape index (κ3) is 4.54. The molecule has 1 aromatic heterocycles. The van der Waals surface area contributed by atoms with Crippen molar-refractivity contribution in [3.8, 4) is 0 Å². The average molecular weight is 377 g/mol. The molecular weight excluding hydrogens is 348 g/mol. The molecule has 2 heterocycles. The molecule has 2 aromatic carbocycles. The highest BCUT2D eigenvalue weighted by molar-refractivity contribution is 5.82. The molecule has 146 valence electrons. The van der Waals surface area contributed by atoms with Crippen LogP contribution in [-0.4, -0.2) is 42.6 Å². The Labute approximate surface area is 166 Å². The molecule has 0 aliphatic carbocycles. The number of likely N-dealkylation sites (tertiary alicyclic amines) is 1. The summed E-state index contributed by atoms with van der Waals surface area (Å²) < 4.78 is 5.94. The van der Waals surface area contributed by atoms with Crippen molar-refractivity contribution in [2.75, 3.05) is 26.7 Å². The van der Waals surface area contributed by atoms with E-state index in [0.717, 1.165) is 38.6 Å². The first-order valence-electron chi connectivity index (χ1n) is 9.96. The molecule has 3 aromatic rings. The van der Waals surface area contributed by atoms with Gasteiger partial charge in [-0.3, -0.25) is 4.99 Å². The zero-order valence-electron chi connectivity index (χ0n) is 16.4. The van der Waals surface area contributed by atoms with E-state index in [-0.39, 0.29) is 0 Å². The number of fused-ring (bicyclic) bond motifs is 1. The molecule has 0 spiro atoms. The molecule has 1 unspecified atom stereocenters. The summed E-state index contributed by atoms with van der Waals surface area (Å²) in [7, 11) is 1.85. The Bertz CT molecular complexity index is 886. The Morgan fingerprint density at radius 3 is 2.82 bits per heavy atom. The molecule has 0 amide bonds. The second kappa shape index (κ2) is 8.93. The molecule has 0 bridgehead atoms. The molecule has 0 radical (unpaired) electrons. The molecule has 4 rings (SSSR count). The summed E-state index contributed by atoms with van der Waals surface area (Å²) in [5.74, 6) is 1.51. The van der Waals surface area contributed by atoms with Gasteiger partial charge in [-0.15, -0.1) is 0 Å². The zero-order valence-corrected chi connectivity index (χ0v) is 16.4. The highest BCUT2D eigenvalue weighted by Gasteiger charge is 2.25. The number of aromatic nitrogens is 1. The Kier molecular flexibility index (Phi) is 5.92. The monoisotopic (exact) mass is 376 g/mol.